The van der Waals surface area contributed by atoms with Crippen LogP contribution < -0.4 is 4.74 Å². The van der Waals surface area contributed by atoms with Crippen molar-refractivity contribution in [3.63, 3.8) is 0 Å². The Kier molecular flexibility index (Phi) is 7.15. The van der Waals surface area contributed by atoms with Crippen molar-refractivity contribution in [2.45, 2.75) is 19.8 Å². The first-order valence-corrected chi connectivity index (χ1v) is 11.0. The van der Waals surface area contributed by atoms with Gasteiger partial charge < -0.3 is 9.84 Å². The van der Waals surface area contributed by atoms with Crippen molar-refractivity contribution >= 4 is 56.2 Å². The predicted molar refractivity (Wildman–Crippen MR) is 122 cm³/mol. The van der Waals surface area contributed by atoms with Crippen LogP contribution in [-0.2, 0) is 11.2 Å². The fourth-order valence-corrected chi connectivity index (χ4v) is 4.61. The molecule has 0 bridgehead atoms. The van der Waals surface area contributed by atoms with E-state index in [9.17, 15) is 9.90 Å². The van der Waals surface area contributed by atoms with E-state index < -0.39 is 0 Å². The Hall–Kier alpha value is -1.83. The van der Waals surface area contributed by atoms with Crippen molar-refractivity contribution in [2.75, 3.05) is 13.2 Å². The summed E-state index contributed by atoms with van der Waals surface area (Å²) in [6.45, 7) is 2.89. The summed E-state index contributed by atoms with van der Waals surface area (Å²) in [7, 11) is 0. The van der Waals surface area contributed by atoms with E-state index in [1.165, 1.54) is 17.3 Å². The van der Waals surface area contributed by atoms with E-state index in [0.29, 0.717) is 32.6 Å². The van der Waals surface area contributed by atoms with Gasteiger partial charge in [-0.25, -0.2) is 0 Å². The number of rotatable bonds is 7. The molecule has 0 saturated carbocycles. The smallest absolute Gasteiger partial charge is 0.266 e. The lowest BCUT2D eigenvalue weighted by molar-refractivity contribution is -0.122. The summed E-state index contributed by atoms with van der Waals surface area (Å²) in [4.78, 5) is 15.0. The third-order valence-electron chi connectivity index (χ3n) is 4.23. The molecule has 28 heavy (non-hydrogen) atoms. The number of halogens is 1. The highest BCUT2D eigenvalue weighted by Crippen LogP contribution is 2.37. The van der Waals surface area contributed by atoms with Gasteiger partial charge in [-0.3, -0.25) is 9.69 Å². The quantitative estimate of drug-likeness (QED) is 0.427. The number of ether oxygens (including phenoxy) is 1. The van der Waals surface area contributed by atoms with Gasteiger partial charge in [0, 0.05) is 11.0 Å². The van der Waals surface area contributed by atoms with E-state index in [1.807, 2.05) is 25.1 Å². The van der Waals surface area contributed by atoms with Gasteiger partial charge in [0.15, 0.2) is 11.5 Å². The van der Waals surface area contributed by atoms with Crippen molar-refractivity contribution in [2.24, 2.45) is 0 Å². The number of carbonyl (C=O) groups excluding carboxylic acids is 1. The Labute approximate surface area is 182 Å². The monoisotopic (exact) mass is 477 g/mol. The molecule has 1 aliphatic heterocycles. The standard InChI is InChI=1S/C21H20BrNO3S2/c1-2-26-18-11-15(16(22)13-17(18)24)12-19-20(25)23(21(27)28-19)10-6-9-14-7-4-3-5-8-14/h3-5,7-8,11-13,24H,2,6,9-10H2,1H3/b19-12-. The molecule has 1 N–H and O–H groups in total. The van der Waals surface area contributed by atoms with Crippen LogP contribution in [0.3, 0.4) is 0 Å². The molecule has 1 fully saturated rings. The molecular weight excluding hydrogens is 458 g/mol. The third kappa shape index (κ3) is 4.96. The number of phenolic OH excluding ortho intramolecular Hbond substituents is 1. The molecule has 2 aromatic rings. The number of thioether (sulfide) groups is 1. The van der Waals surface area contributed by atoms with Crippen LogP contribution in [0.1, 0.15) is 24.5 Å². The highest BCUT2D eigenvalue weighted by molar-refractivity contribution is 9.10. The van der Waals surface area contributed by atoms with Crippen LogP contribution in [-0.4, -0.2) is 33.4 Å². The summed E-state index contributed by atoms with van der Waals surface area (Å²) in [5, 5.41) is 9.96. The Balaban J connectivity index is 1.71. The zero-order chi connectivity index (χ0) is 20.1. The van der Waals surface area contributed by atoms with Crippen molar-refractivity contribution in [3.05, 3.63) is 63.0 Å². The molecule has 0 spiro atoms. The summed E-state index contributed by atoms with van der Waals surface area (Å²) in [5.74, 6) is 0.357. The minimum atomic E-state index is -0.0824. The molecule has 1 aliphatic rings. The number of benzene rings is 2. The lowest BCUT2D eigenvalue weighted by Gasteiger charge is -2.14. The zero-order valence-corrected chi connectivity index (χ0v) is 18.6. The minimum absolute atomic E-state index is 0.0549. The van der Waals surface area contributed by atoms with Gasteiger partial charge in [-0.2, -0.15) is 0 Å². The Bertz CT molecular complexity index is 915. The van der Waals surface area contributed by atoms with Gasteiger partial charge in [0.2, 0.25) is 0 Å². The summed E-state index contributed by atoms with van der Waals surface area (Å²) in [6.07, 6.45) is 3.53. The number of thiocarbonyl (C=S) groups is 1. The number of aromatic hydroxyl groups is 1. The van der Waals surface area contributed by atoms with Crippen LogP contribution in [0, 0.1) is 0 Å². The van der Waals surface area contributed by atoms with Crippen molar-refractivity contribution < 1.29 is 14.6 Å². The summed E-state index contributed by atoms with van der Waals surface area (Å²) in [5.41, 5.74) is 2.01. The van der Waals surface area contributed by atoms with E-state index >= 15 is 0 Å². The van der Waals surface area contributed by atoms with Gasteiger partial charge in [0.05, 0.1) is 11.5 Å². The summed E-state index contributed by atoms with van der Waals surface area (Å²) < 4.78 is 6.69. The molecule has 0 unspecified atom stereocenters. The number of phenols is 1. The van der Waals surface area contributed by atoms with Crippen LogP contribution >= 0.6 is 39.9 Å². The first-order chi connectivity index (χ1) is 13.5. The normalized spacial score (nSPS) is 15.5. The SMILES string of the molecule is CCOc1cc(/C=C2\SC(=S)N(CCCc3ccccc3)C2=O)c(Br)cc1O. The lowest BCUT2D eigenvalue weighted by Crippen LogP contribution is -2.29. The number of aryl methyl sites for hydroxylation is 1. The molecule has 7 heteroatoms. The second kappa shape index (κ2) is 9.58. The molecule has 3 rings (SSSR count). The molecule has 1 saturated heterocycles. The Morgan fingerprint density at radius 2 is 2.04 bits per heavy atom. The second-order valence-electron chi connectivity index (χ2n) is 6.20. The fourth-order valence-electron chi connectivity index (χ4n) is 2.86. The molecule has 0 aliphatic carbocycles. The maximum Gasteiger partial charge on any atom is 0.266 e. The maximum atomic E-state index is 12.8. The van der Waals surface area contributed by atoms with Gasteiger partial charge in [0.1, 0.15) is 4.32 Å². The Morgan fingerprint density at radius 3 is 2.75 bits per heavy atom. The van der Waals surface area contributed by atoms with Crippen LogP contribution in [0.15, 0.2) is 51.8 Å². The van der Waals surface area contributed by atoms with Crippen molar-refractivity contribution in [1.82, 2.24) is 4.90 Å². The fraction of sp³-hybridized carbons (Fsp3) is 0.238. The predicted octanol–water partition coefficient (Wildman–Crippen LogP) is 5.39. The molecule has 0 aromatic heterocycles. The van der Waals surface area contributed by atoms with E-state index in [2.05, 4.69) is 28.1 Å². The van der Waals surface area contributed by atoms with Crippen molar-refractivity contribution in [1.29, 1.82) is 0 Å². The first kappa shape index (κ1) is 20.9. The molecule has 1 amide bonds. The summed E-state index contributed by atoms with van der Waals surface area (Å²) in [6, 6.07) is 13.5. The molecule has 2 aromatic carbocycles. The number of carbonyl (C=O) groups is 1. The number of hydrogen-bond acceptors (Lipinski definition) is 5. The van der Waals surface area contributed by atoms with Gasteiger partial charge in [-0.15, -0.1) is 0 Å². The largest absolute Gasteiger partial charge is 0.504 e. The average Bonchev–Trinajstić information content (AvgIpc) is 2.94. The van der Waals surface area contributed by atoms with Gasteiger partial charge >= 0.3 is 0 Å². The highest BCUT2D eigenvalue weighted by Gasteiger charge is 2.31. The maximum absolute atomic E-state index is 12.8. The molecule has 1 heterocycles. The lowest BCUT2D eigenvalue weighted by atomic mass is 10.1. The van der Waals surface area contributed by atoms with Gasteiger partial charge in [-0.05, 0) is 49.1 Å². The third-order valence-corrected chi connectivity index (χ3v) is 6.29. The number of amides is 1. The number of nitrogens with zero attached hydrogens (tertiary/aromatic N) is 1. The zero-order valence-electron chi connectivity index (χ0n) is 15.4. The van der Waals surface area contributed by atoms with Crippen molar-refractivity contribution in [3.8, 4) is 11.5 Å². The average molecular weight is 478 g/mol. The topological polar surface area (TPSA) is 49.8 Å². The van der Waals surface area contributed by atoms with E-state index in [-0.39, 0.29) is 11.7 Å². The first-order valence-electron chi connectivity index (χ1n) is 8.94. The van der Waals surface area contributed by atoms with E-state index in [1.54, 1.807) is 23.1 Å². The van der Waals surface area contributed by atoms with Crippen LogP contribution in [0.25, 0.3) is 6.08 Å². The van der Waals surface area contributed by atoms with Gasteiger partial charge in [0.25, 0.3) is 5.91 Å². The van der Waals surface area contributed by atoms with E-state index in [0.717, 1.165) is 18.4 Å². The molecule has 0 radical (unpaired) electrons. The molecule has 4 nitrogen and oxygen atoms in total. The highest BCUT2D eigenvalue weighted by atomic mass is 79.9. The summed E-state index contributed by atoms with van der Waals surface area (Å²) >= 11 is 10.1. The van der Waals surface area contributed by atoms with Gasteiger partial charge in [-0.1, -0.05) is 70.2 Å². The second-order valence-corrected chi connectivity index (χ2v) is 8.73. The van der Waals surface area contributed by atoms with Crippen LogP contribution in [0.2, 0.25) is 0 Å². The Morgan fingerprint density at radius 1 is 1.29 bits per heavy atom. The van der Waals surface area contributed by atoms with E-state index in [4.69, 9.17) is 17.0 Å². The van der Waals surface area contributed by atoms with Crippen LogP contribution in [0.4, 0.5) is 0 Å². The van der Waals surface area contributed by atoms with Crippen LogP contribution in [0.5, 0.6) is 11.5 Å². The minimum Gasteiger partial charge on any atom is -0.504 e. The molecule has 146 valence electrons. The molecular formula is C21H20BrNO3S2. The molecule has 0 atom stereocenters. The number of hydrogen-bond donors (Lipinski definition) is 1.